The van der Waals surface area contributed by atoms with Crippen molar-refractivity contribution in [3.63, 3.8) is 0 Å². The summed E-state index contributed by atoms with van der Waals surface area (Å²) >= 11 is 3.17. The molecule has 3 aromatic carbocycles. The number of aromatic nitrogens is 2. The number of imidazole rings is 1. The minimum Gasteiger partial charge on any atom is -0.351 e. The van der Waals surface area contributed by atoms with Gasteiger partial charge in [-0.05, 0) is 40.1 Å². The van der Waals surface area contributed by atoms with E-state index < -0.39 is 4.75 Å². The zero-order valence-corrected chi connectivity index (χ0v) is 20.7. The third-order valence-electron chi connectivity index (χ3n) is 5.81. The molecule has 5 rings (SSSR count). The molecule has 0 aliphatic carbocycles. The van der Waals surface area contributed by atoms with Gasteiger partial charge in [0.05, 0.1) is 10.6 Å². The van der Waals surface area contributed by atoms with Gasteiger partial charge in [-0.3, -0.25) is 8.77 Å². The number of hydrogen-bond donors (Lipinski definition) is 1. The van der Waals surface area contributed by atoms with Gasteiger partial charge in [-0.2, -0.15) is 0 Å². The van der Waals surface area contributed by atoms with Crippen molar-refractivity contribution in [3.8, 4) is 0 Å². The minimum absolute atomic E-state index is 0.0370. The molecule has 6 heteroatoms. The number of nitrogens with one attached hydrogen (secondary N) is 1. The number of thiophene rings is 1. The second-order valence-electron chi connectivity index (χ2n) is 8.08. The van der Waals surface area contributed by atoms with Crippen LogP contribution in [0.2, 0.25) is 0 Å². The third-order valence-corrected chi connectivity index (χ3v) is 8.07. The van der Waals surface area contributed by atoms with Crippen LogP contribution in [0.25, 0.3) is 0 Å². The van der Waals surface area contributed by atoms with E-state index in [4.69, 9.17) is 0 Å². The lowest BCUT2D eigenvalue weighted by Gasteiger charge is -2.35. The number of amides is 1. The topological polar surface area (TPSA) is 46.9 Å². The van der Waals surface area contributed by atoms with Gasteiger partial charge in [0.25, 0.3) is 5.91 Å². The van der Waals surface area contributed by atoms with E-state index in [0.717, 1.165) is 10.6 Å². The highest BCUT2D eigenvalue weighted by Gasteiger charge is 2.38. The Bertz CT molecular complexity index is 1250. The SMILES string of the molecule is O=C(NCCc1cn(SC(c2ccccc2)(c2ccccc2)c2ccccc2)cn1)c1cccs1. The maximum Gasteiger partial charge on any atom is 0.261 e. The second-order valence-corrected chi connectivity index (χ2v) is 10.2. The van der Waals surface area contributed by atoms with E-state index in [1.807, 2.05) is 23.8 Å². The van der Waals surface area contributed by atoms with Gasteiger partial charge in [0.15, 0.2) is 0 Å². The number of rotatable bonds is 9. The fraction of sp³-hybridized carbons (Fsp3) is 0.103. The molecule has 0 fully saturated rings. The Morgan fingerprint density at radius 2 is 1.40 bits per heavy atom. The van der Waals surface area contributed by atoms with Gasteiger partial charge in [0, 0.05) is 19.2 Å². The summed E-state index contributed by atoms with van der Waals surface area (Å²) in [5, 5.41) is 4.89. The van der Waals surface area contributed by atoms with Gasteiger partial charge in [0.1, 0.15) is 11.1 Å². The van der Waals surface area contributed by atoms with Gasteiger partial charge >= 0.3 is 0 Å². The molecule has 0 aliphatic rings. The summed E-state index contributed by atoms with van der Waals surface area (Å²) in [5.74, 6) is -0.0370. The lowest BCUT2D eigenvalue weighted by molar-refractivity contribution is 0.0958. The quantitative estimate of drug-likeness (QED) is 0.241. The van der Waals surface area contributed by atoms with Crippen molar-refractivity contribution in [1.82, 2.24) is 14.3 Å². The normalized spacial score (nSPS) is 11.3. The summed E-state index contributed by atoms with van der Waals surface area (Å²) in [7, 11) is 0. The van der Waals surface area contributed by atoms with Crippen LogP contribution in [0.3, 0.4) is 0 Å². The zero-order chi connectivity index (χ0) is 23.9. The Morgan fingerprint density at radius 1 is 0.829 bits per heavy atom. The molecule has 2 heterocycles. The summed E-state index contributed by atoms with van der Waals surface area (Å²) in [6.07, 6.45) is 4.59. The number of nitrogens with zero attached hydrogens (tertiary/aromatic N) is 2. The molecule has 0 atom stereocenters. The number of benzene rings is 3. The van der Waals surface area contributed by atoms with Crippen molar-refractivity contribution >= 4 is 29.2 Å². The van der Waals surface area contributed by atoms with Crippen LogP contribution in [0.1, 0.15) is 32.1 Å². The monoisotopic (exact) mass is 495 g/mol. The summed E-state index contributed by atoms with van der Waals surface area (Å²) < 4.78 is 1.62. The summed E-state index contributed by atoms with van der Waals surface area (Å²) in [4.78, 5) is 17.6. The lowest BCUT2D eigenvalue weighted by atomic mass is 9.84. The highest BCUT2D eigenvalue weighted by molar-refractivity contribution is 7.99. The predicted molar refractivity (Wildman–Crippen MR) is 145 cm³/mol. The first-order valence-corrected chi connectivity index (χ1v) is 13.1. The first-order valence-electron chi connectivity index (χ1n) is 11.5. The second kappa shape index (κ2) is 10.8. The van der Waals surface area contributed by atoms with Crippen LogP contribution in [-0.2, 0) is 11.2 Å². The first-order chi connectivity index (χ1) is 17.3. The van der Waals surface area contributed by atoms with E-state index in [0.29, 0.717) is 13.0 Å². The molecule has 0 saturated heterocycles. The van der Waals surface area contributed by atoms with Crippen LogP contribution < -0.4 is 5.32 Å². The number of carbonyl (C=O) groups excluding carboxylic acids is 1. The first kappa shape index (κ1) is 23.1. The van der Waals surface area contributed by atoms with Crippen LogP contribution in [0.15, 0.2) is 121 Å². The highest BCUT2D eigenvalue weighted by Crippen LogP contribution is 2.48. The van der Waals surface area contributed by atoms with E-state index >= 15 is 0 Å². The molecule has 0 spiro atoms. The fourth-order valence-corrected chi connectivity index (χ4v) is 6.11. The van der Waals surface area contributed by atoms with Crippen molar-refractivity contribution in [2.75, 3.05) is 6.54 Å². The number of hydrogen-bond acceptors (Lipinski definition) is 4. The maximum absolute atomic E-state index is 12.2. The molecular formula is C29H25N3OS2. The average Bonchev–Trinajstić information content (AvgIpc) is 3.62. The van der Waals surface area contributed by atoms with E-state index in [1.165, 1.54) is 28.0 Å². The molecule has 5 aromatic rings. The molecule has 0 bridgehead atoms. The fourth-order valence-electron chi connectivity index (χ4n) is 4.16. The van der Waals surface area contributed by atoms with Crippen molar-refractivity contribution in [2.24, 2.45) is 0 Å². The van der Waals surface area contributed by atoms with Crippen LogP contribution >= 0.6 is 23.3 Å². The van der Waals surface area contributed by atoms with Crippen molar-refractivity contribution < 1.29 is 4.79 Å². The van der Waals surface area contributed by atoms with E-state index in [-0.39, 0.29) is 5.91 Å². The summed E-state index contributed by atoms with van der Waals surface area (Å²) in [6.45, 7) is 0.541. The molecule has 0 radical (unpaired) electrons. The maximum atomic E-state index is 12.2. The smallest absolute Gasteiger partial charge is 0.261 e. The molecule has 0 unspecified atom stereocenters. The Morgan fingerprint density at radius 3 is 1.91 bits per heavy atom. The van der Waals surface area contributed by atoms with Crippen LogP contribution in [0, 0.1) is 0 Å². The predicted octanol–water partition coefficient (Wildman–Crippen LogP) is 6.41. The Kier molecular flexibility index (Phi) is 7.12. The van der Waals surface area contributed by atoms with E-state index in [1.54, 1.807) is 11.9 Å². The van der Waals surface area contributed by atoms with E-state index in [9.17, 15) is 4.79 Å². The Balaban J connectivity index is 1.44. The van der Waals surface area contributed by atoms with Gasteiger partial charge in [0.2, 0.25) is 0 Å². The summed E-state index contributed by atoms with van der Waals surface area (Å²) in [6, 6.07) is 35.5. The van der Waals surface area contributed by atoms with Gasteiger partial charge < -0.3 is 5.32 Å². The number of carbonyl (C=O) groups is 1. The molecule has 2 aromatic heterocycles. The van der Waals surface area contributed by atoms with Gasteiger partial charge in [-0.25, -0.2) is 4.98 Å². The molecule has 0 aliphatic heterocycles. The Hall–Kier alpha value is -3.61. The Labute approximate surface area is 213 Å². The molecule has 1 amide bonds. The van der Waals surface area contributed by atoms with Crippen molar-refractivity contribution in [2.45, 2.75) is 11.2 Å². The summed E-state index contributed by atoms with van der Waals surface area (Å²) in [5.41, 5.74) is 4.52. The molecular weight excluding hydrogens is 470 g/mol. The highest BCUT2D eigenvalue weighted by atomic mass is 32.2. The van der Waals surface area contributed by atoms with Crippen molar-refractivity contribution in [3.05, 3.63) is 148 Å². The third kappa shape index (κ3) is 5.09. The molecule has 174 valence electrons. The molecule has 0 saturated carbocycles. The van der Waals surface area contributed by atoms with Crippen LogP contribution in [-0.4, -0.2) is 21.4 Å². The average molecular weight is 496 g/mol. The van der Waals surface area contributed by atoms with Gasteiger partial charge in [-0.1, -0.05) is 97.1 Å². The molecule has 4 nitrogen and oxygen atoms in total. The van der Waals surface area contributed by atoms with E-state index in [2.05, 4.69) is 111 Å². The van der Waals surface area contributed by atoms with Gasteiger partial charge in [-0.15, -0.1) is 11.3 Å². The standard InChI is InChI=1S/C29H25N3OS2/c33-28(27-17-10-20-34-27)30-19-18-26-21-32(22-31-26)35-29(23-11-4-1-5-12-23,24-13-6-2-7-14-24)25-15-8-3-9-16-25/h1-17,20-22H,18-19H2,(H,30,33). The van der Waals surface area contributed by atoms with Crippen LogP contribution in [0.4, 0.5) is 0 Å². The molecule has 1 N–H and O–H groups in total. The zero-order valence-electron chi connectivity index (χ0n) is 19.1. The van der Waals surface area contributed by atoms with Crippen LogP contribution in [0.5, 0.6) is 0 Å². The molecule has 35 heavy (non-hydrogen) atoms. The lowest BCUT2D eigenvalue weighted by Crippen LogP contribution is -2.27. The largest absolute Gasteiger partial charge is 0.351 e. The van der Waals surface area contributed by atoms with Crippen molar-refractivity contribution in [1.29, 1.82) is 0 Å². The minimum atomic E-state index is -0.463.